The van der Waals surface area contributed by atoms with Crippen molar-refractivity contribution in [2.45, 2.75) is 227 Å². The van der Waals surface area contributed by atoms with E-state index in [2.05, 4.69) is 66.7 Å². The highest BCUT2D eigenvalue weighted by molar-refractivity contribution is 5.69. The number of aliphatic hydroxyl groups excluding tert-OH is 3. The van der Waals surface area contributed by atoms with Gasteiger partial charge in [-0.15, -0.1) is 0 Å². The van der Waals surface area contributed by atoms with Crippen LogP contribution in [0.3, 0.4) is 0 Å². The molecule has 7 nitrogen and oxygen atoms in total. The lowest BCUT2D eigenvalue weighted by atomic mass is 9.47. The van der Waals surface area contributed by atoms with E-state index in [1.165, 1.54) is 95.5 Å². The van der Waals surface area contributed by atoms with Gasteiger partial charge in [0.05, 0.1) is 6.10 Å². The molecule has 328 valence electrons. The number of aliphatic hydroxyl groups is 3. The van der Waals surface area contributed by atoms with E-state index < -0.39 is 30.7 Å². The van der Waals surface area contributed by atoms with Gasteiger partial charge in [0.15, 0.2) is 6.29 Å². The van der Waals surface area contributed by atoms with Crippen molar-refractivity contribution in [2.75, 3.05) is 6.61 Å². The topological polar surface area (TPSA) is 105 Å². The Balaban J connectivity index is 1.06. The summed E-state index contributed by atoms with van der Waals surface area (Å²) in [6.07, 6.45) is 26.7. The highest BCUT2D eigenvalue weighted by Gasteiger charge is 2.59. The lowest BCUT2D eigenvalue weighted by Gasteiger charge is -2.58. The maximum atomic E-state index is 12.6. The first-order valence-corrected chi connectivity index (χ1v) is 24.2. The Labute approximate surface area is 348 Å². The molecule has 3 N–H and O–H groups in total. The van der Waals surface area contributed by atoms with Crippen LogP contribution in [0.15, 0.2) is 23.8 Å². The van der Waals surface area contributed by atoms with Crippen LogP contribution < -0.4 is 0 Å². The fourth-order valence-electron chi connectivity index (χ4n) is 12.6. The number of unbranched alkanes of at least 4 members (excludes halogenated alkanes) is 11. The van der Waals surface area contributed by atoms with E-state index in [1.807, 2.05) is 0 Å². The van der Waals surface area contributed by atoms with E-state index in [4.69, 9.17) is 14.2 Å². The second kappa shape index (κ2) is 22.0. The van der Waals surface area contributed by atoms with Crippen LogP contribution in [0.4, 0.5) is 0 Å². The zero-order valence-electron chi connectivity index (χ0n) is 37.5. The summed E-state index contributed by atoms with van der Waals surface area (Å²) in [6, 6.07) is 0. The van der Waals surface area contributed by atoms with E-state index >= 15 is 0 Å². The number of allylic oxidation sites excluding steroid dienone is 3. The van der Waals surface area contributed by atoms with Gasteiger partial charge in [0.1, 0.15) is 31.0 Å². The number of ether oxygens (including phenoxy) is 3. The van der Waals surface area contributed by atoms with Gasteiger partial charge < -0.3 is 29.5 Å². The van der Waals surface area contributed by atoms with Crippen molar-refractivity contribution in [3.63, 3.8) is 0 Å². The normalized spacial score (nSPS) is 37.7. The summed E-state index contributed by atoms with van der Waals surface area (Å²) in [7, 11) is 0. The average molecular weight is 799 g/mol. The molecule has 0 bridgehead atoms. The average Bonchev–Trinajstić information content (AvgIpc) is 3.55. The molecule has 5 rings (SSSR count). The summed E-state index contributed by atoms with van der Waals surface area (Å²) < 4.78 is 18.0. The number of esters is 1. The molecule has 4 fully saturated rings. The molecular formula is C50H86O7. The van der Waals surface area contributed by atoms with Gasteiger partial charge in [0.2, 0.25) is 0 Å². The summed E-state index contributed by atoms with van der Waals surface area (Å²) in [4.78, 5) is 12.6. The van der Waals surface area contributed by atoms with Crippen LogP contribution in [0.5, 0.6) is 0 Å². The number of hydrogen-bond acceptors (Lipinski definition) is 7. The smallest absolute Gasteiger partial charge is 0.305 e. The highest BCUT2D eigenvalue weighted by Crippen LogP contribution is 2.67. The van der Waals surface area contributed by atoms with Crippen LogP contribution in [0.25, 0.3) is 0 Å². The number of carbonyl (C=O) groups is 1. The highest BCUT2D eigenvalue weighted by atomic mass is 16.7. The largest absolute Gasteiger partial charge is 0.463 e. The third kappa shape index (κ3) is 11.6. The van der Waals surface area contributed by atoms with Crippen LogP contribution in [0.1, 0.15) is 190 Å². The third-order valence-electron chi connectivity index (χ3n) is 16.4. The summed E-state index contributed by atoms with van der Waals surface area (Å²) in [5.74, 6) is 4.62. The van der Waals surface area contributed by atoms with Gasteiger partial charge in [-0.3, -0.25) is 4.79 Å². The molecule has 3 saturated carbocycles. The molecule has 0 amide bonds. The maximum Gasteiger partial charge on any atom is 0.305 e. The van der Waals surface area contributed by atoms with Crippen LogP contribution >= 0.6 is 0 Å². The molecule has 0 spiro atoms. The first-order chi connectivity index (χ1) is 27.3. The monoisotopic (exact) mass is 799 g/mol. The Morgan fingerprint density at radius 2 is 1.49 bits per heavy atom. The molecule has 0 aromatic rings. The molecule has 57 heavy (non-hydrogen) atoms. The van der Waals surface area contributed by atoms with Gasteiger partial charge >= 0.3 is 5.97 Å². The number of fused-ring (bicyclic) bond motifs is 5. The molecule has 4 aliphatic carbocycles. The van der Waals surface area contributed by atoms with Gasteiger partial charge in [-0.2, -0.15) is 0 Å². The Kier molecular flexibility index (Phi) is 18.1. The molecule has 1 heterocycles. The van der Waals surface area contributed by atoms with Crippen molar-refractivity contribution in [2.24, 2.45) is 52.3 Å². The maximum absolute atomic E-state index is 12.6. The van der Waals surface area contributed by atoms with E-state index in [9.17, 15) is 20.1 Å². The fourth-order valence-corrected chi connectivity index (χ4v) is 12.6. The summed E-state index contributed by atoms with van der Waals surface area (Å²) in [6.45, 7) is 16.7. The zero-order chi connectivity index (χ0) is 41.2. The van der Waals surface area contributed by atoms with Crippen LogP contribution in [0.2, 0.25) is 0 Å². The molecular weight excluding hydrogens is 713 g/mol. The summed E-state index contributed by atoms with van der Waals surface area (Å²) in [5, 5.41) is 32.5. The molecule has 1 aliphatic heterocycles. The lowest BCUT2D eigenvalue weighted by Crippen LogP contribution is -2.60. The number of rotatable bonds is 22. The predicted octanol–water partition coefficient (Wildman–Crippen LogP) is 11.3. The standard InChI is InChI=1S/C50H86O7/c1-8-10-11-12-13-14-15-16-17-18-19-20-21-44(51)55-33-43-45(52)46(53)47(54)48(57-43)56-38-28-30-49(6)37(32-38)24-25-39-41-27-26-40(50(41,7)31-29-42(39)49)35(5)22-23-36(9-2)34(3)4/h22-24,34-36,38-43,45-48,52-54H,8-21,25-33H2,1-7H3/b23-22+/t35-,36-,38+,39+,40-,41+,42+,43-,45-,46+,47-,48-,49+,50-/m1/s1. The molecule has 0 aromatic heterocycles. The van der Waals surface area contributed by atoms with Crippen LogP contribution in [0, 0.1) is 52.3 Å². The minimum Gasteiger partial charge on any atom is -0.463 e. The van der Waals surface area contributed by atoms with Crippen molar-refractivity contribution in [1.82, 2.24) is 0 Å². The SMILES string of the molecule is CCCCCCCCCCCCCCC(=O)OC[C@H]1O[C@@H](O[C@H]2CC[C@@]3(C)C(=CC[C@H]4[C@@H]5CC[C@H]([C@H](C)/C=C/[C@@H](CC)C(C)C)[C@@]5(C)CC[C@@H]43)C2)[C@H](O)[C@@H](O)[C@@H]1O. The van der Waals surface area contributed by atoms with Gasteiger partial charge in [-0.05, 0) is 116 Å². The Morgan fingerprint density at radius 3 is 2.14 bits per heavy atom. The Hall–Kier alpha value is -1.25. The lowest BCUT2D eigenvalue weighted by molar-refractivity contribution is -0.313. The van der Waals surface area contributed by atoms with Gasteiger partial charge in [-0.1, -0.05) is 143 Å². The van der Waals surface area contributed by atoms with E-state index in [0.29, 0.717) is 35.5 Å². The minimum atomic E-state index is -1.44. The molecule has 1 saturated heterocycles. The van der Waals surface area contributed by atoms with Gasteiger partial charge in [0, 0.05) is 6.42 Å². The first-order valence-electron chi connectivity index (χ1n) is 24.2. The fraction of sp³-hybridized carbons (Fsp3) is 0.900. The molecule has 14 atom stereocenters. The Morgan fingerprint density at radius 1 is 0.825 bits per heavy atom. The second-order valence-corrected chi connectivity index (χ2v) is 20.4. The van der Waals surface area contributed by atoms with E-state index in [-0.39, 0.29) is 24.1 Å². The van der Waals surface area contributed by atoms with Crippen molar-refractivity contribution in [3.05, 3.63) is 23.8 Å². The van der Waals surface area contributed by atoms with Gasteiger partial charge in [0.25, 0.3) is 0 Å². The predicted molar refractivity (Wildman–Crippen MR) is 230 cm³/mol. The zero-order valence-corrected chi connectivity index (χ0v) is 37.5. The third-order valence-corrected chi connectivity index (χ3v) is 16.4. The van der Waals surface area contributed by atoms with Crippen molar-refractivity contribution in [3.8, 4) is 0 Å². The minimum absolute atomic E-state index is 0.146. The molecule has 5 aliphatic rings. The first kappa shape index (κ1) is 46.8. The molecule has 0 radical (unpaired) electrons. The number of carbonyl (C=O) groups excluding carboxylic acids is 1. The number of hydrogen-bond donors (Lipinski definition) is 3. The van der Waals surface area contributed by atoms with E-state index in [1.54, 1.807) is 0 Å². The molecule has 0 unspecified atom stereocenters. The van der Waals surface area contributed by atoms with E-state index in [0.717, 1.165) is 62.7 Å². The summed E-state index contributed by atoms with van der Waals surface area (Å²) >= 11 is 0. The van der Waals surface area contributed by atoms with Crippen molar-refractivity contribution < 1.29 is 34.3 Å². The van der Waals surface area contributed by atoms with Crippen molar-refractivity contribution in [1.29, 1.82) is 0 Å². The van der Waals surface area contributed by atoms with Crippen LogP contribution in [-0.4, -0.2) is 64.7 Å². The summed E-state index contributed by atoms with van der Waals surface area (Å²) in [5.41, 5.74) is 2.05. The van der Waals surface area contributed by atoms with Crippen molar-refractivity contribution >= 4 is 5.97 Å². The second-order valence-electron chi connectivity index (χ2n) is 20.4. The quantitative estimate of drug-likeness (QED) is 0.0569. The van der Waals surface area contributed by atoms with Crippen LogP contribution in [-0.2, 0) is 19.0 Å². The van der Waals surface area contributed by atoms with Gasteiger partial charge in [-0.25, -0.2) is 0 Å². The molecule has 7 heteroatoms. The Bertz CT molecular complexity index is 1280. The molecule has 0 aromatic carbocycles.